The van der Waals surface area contributed by atoms with Crippen molar-refractivity contribution in [2.24, 2.45) is 0 Å². The molecule has 1 amide bonds. The fourth-order valence-corrected chi connectivity index (χ4v) is 1.50. The predicted molar refractivity (Wildman–Crippen MR) is 58.3 cm³/mol. The van der Waals surface area contributed by atoms with Crippen LogP contribution in [-0.4, -0.2) is 19.1 Å². The molecule has 0 aliphatic carbocycles. The number of benzene rings is 1. The van der Waals surface area contributed by atoms with Crippen molar-refractivity contribution in [3.63, 3.8) is 0 Å². The van der Waals surface area contributed by atoms with Gasteiger partial charge in [0.25, 0.3) is 0 Å². The molecule has 0 aromatic heterocycles. The maximum atomic E-state index is 11.1. The van der Waals surface area contributed by atoms with Gasteiger partial charge in [0, 0.05) is 0 Å². The van der Waals surface area contributed by atoms with Crippen LogP contribution in [-0.2, 0) is 11.2 Å². The Hall–Kier alpha value is -1.36. The third kappa shape index (κ3) is 2.36. The second kappa shape index (κ2) is 4.44. The highest BCUT2D eigenvalue weighted by atomic mass is 32.1. The summed E-state index contributed by atoms with van der Waals surface area (Å²) in [6, 6.07) is 5.48. The van der Waals surface area contributed by atoms with Gasteiger partial charge in [-0.1, -0.05) is 18.9 Å². The van der Waals surface area contributed by atoms with Gasteiger partial charge in [0.2, 0.25) is 5.91 Å². The first-order valence-corrected chi connectivity index (χ1v) is 5.06. The van der Waals surface area contributed by atoms with E-state index < -0.39 is 0 Å². The number of carbonyl (C=O) groups is 1. The highest BCUT2D eigenvalue weighted by molar-refractivity contribution is 7.78. The minimum Gasteiger partial charge on any atom is -0.486 e. The second-order valence-corrected chi connectivity index (χ2v) is 3.41. The van der Waals surface area contributed by atoms with Crippen LogP contribution < -0.4 is 14.2 Å². The topological polar surface area (TPSA) is 47.6 Å². The van der Waals surface area contributed by atoms with Crippen molar-refractivity contribution < 1.29 is 14.3 Å². The zero-order chi connectivity index (χ0) is 10.7. The van der Waals surface area contributed by atoms with E-state index in [1.165, 1.54) is 0 Å². The normalized spacial score (nSPS) is 13.4. The Morgan fingerprint density at radius 2 is 2.07 bits per heavy atom. The molecule has 0 unspecified atom stereocenters. The van der Waals surface area contributed by atoms with Crippen molar-refractivity contribution in [2.45, 2.75) is 6.42 Å². The quantitative estimate of drug-likeness (QED) is 0.737. The van der Waals surface area contributed by atoms with Crippen LogP contribution >= 0.6 is 12.8 Å². The lowest BCUT2D eigenvalue weighted by Crippen LogP contribution is -2.17. The molecule has 0 saturated carbocycles. The molecule has 1 heterocycles. The molecule has 0 radical (unpaired) electrons. The number of fused-ring (bicyclic) bond motifs is 1. The molecule has 2 rings (SSSR count). The van der Waals surface area contributed by atoms with Crippen LogP contribution in [0.3, 0.4) is 0 Å². The van der Waals surface area contributed by atoms with E-state index in [4.69, 9.17) is 9.47 Å². The fourth-order valence-electron chi connectivity index (χ4n) is 1.42. The Kier molecular flexibility index (Phi) is 3.01. The summed E-state index contributed by atoms with van der Waals surface area (Å²) in [5.74, 6) is 1.29. The van der Waals surface area contributed by atoms with Gasteiger partial charge in [-0.25, -0.2) is 0 Å². The number of hydrogen-bond donors (Lipinski definition) is 2. The molecule has 0 atom stereocenters. The molecule has 0 fully saturated rings. The summed E-state index contributed by atoms with van der Waals surface area (Å²) in [6.07, 6.45) is 0.292. The van der Waals surface area contributed by atoms with Crippen LogP contribution in [0.25, 0.3) is 0 Å². The Morgan fingerprint density at radius 3 is 2.80 bits per heavy atom. The Bertz CT molecular complexity index is 381. The van der Waals surface area contributed by atoms with Crippen molar-refractivity contribution >= 4 is 18.7 Å². The average Bonchev–Trinajstić information content (AvgIpc) is 2.29. The molecule has 1 aliphatic rings. The summed E-state index contributed by atoms with van der Waals surface area (Å²) in [4.78, 5) is 11.1. The molecule has 5 heteroatoms. The zero-order valence-corrected chi connectivity index (χ0v) is 8.92. The lowest BCUT2D eigenvalue weighted by Gasteiger charge is -2.18. The van der Waals surface area contributed by atoms with Crippen LogP contribution in [0, 0.1) is 0 Å². The smallest absolute Gasteiger partial charge is 0.234 e. The zero-order valence-electron chi connectivity index (χ0n) is 8.03. The Labute approximate surface area is 93.1 Å². The molecule has 0 spiro atoms. The van der Waals surface area contributed by atoms with Gasteiger partial charge >= 0.3 is 0 Å². The molecule has 15 heavy (non-hydrogen) atoms. The summed E-state index contributed by atoms with van der Waals surface area (Å²) < 4.78 is 13.0. The maximum absolute atomic E-state index is 11.1. The van der Waals surface area contributed by atoms with E-state index >= 15 is 0 Å². The molecular formula is C10H11NO3S. The average molecular weight is 225 g/mol. The SMILES string of the molecule is O=C(Cc1ccc2c(c1)OCCO2)NS. The Morgan fingerprint density at radius 1 is 1.33 bits per heavy atom. The van der Waals surface area contributed by atoms with Gasteiger partial charge in [-0.05, 0) is 17.7 Å². The molecule has 0 saturated heterocycles. The van der Waals surface area contributed by atoms with Crippen LogP contribution in [0.1, 0.15) is 5.56 Å². The van der Waals surface area contributed by atoms with Gasteiger partial charge in [0.05, 0.1) is 6.42 Å². The summed E-state index contributed by atoms with van der Waals surface area (Å²) >= 11 is 3.69. The fraction of sp³-hybridized carbons (Fsp3) is 0.300. The van der Waals surface area contributed by atoms with Crippen LogP contribution in [0.15, 0.2) is 18.2 Å². The molecule has 1 N–H and O–H groups in total. The summed E-state index contributed by atoms with van der Waals surface area (Å²) in [6.45, 7) is 1.12. The third-order valence-corrected chi connectivity index (χ3v) is 2.35. The van der Waals surface area contributed by atoms with Gasteiger partial charge in [0.1, 0.15) is 13.2 Å². The van der Waals surface area contributed by atoms with Gasteiger partial charge in [-0.2, -0.15) is 0 Å². The molecule has 1 aromatic rings. The van der Waals surface area contributed by atoms with E-state index in [1.54, 1.807) is 0 Å². The minimum absolute atomic E-state index is 0.144. The van der Waals surface area contributed by atoms with Crippen molar-refractivity contribution in [1.29, 1.82) is 0 Å². The van der Waals surface area contributed by atoms with Crippen LogP contribution in [0.4, 0.5) is 0 Å². The number of hydrogen-bond acceptors (Lipinski definition) is 4. The minimum atomic E-state index is -0.144. The van der Waals surface area contributed by atoms with Crippen molar-refractivity contribution in [3.05, 3.63) is 23.8 Å². The first kappa shape index (κ1) is 10.2. The van der Waals surface area contributed by atoms with E-state index in [-0.39, 0.29) is 5.91 Å². The van der Waals surface area contributed by atoms with E-state index in [9.17, 15) is 4.79 Å². The Balaban J connectivity index is 2.17. The summed E-state index contributed by atoms with van der Waals surface area (Å²) in [5.41, 5.74) is 0.880. The lowest BCUT2D eigenvalue weighted by atomic mass is 10.1. The van der Waals surface area contributed by atoms with E-state index in [0.29, 0.717) is 25.4 Å². The molecule has 1 aromatic carbocycles. The van der Waals surface area contributed by atoms with Gasteiger partial charge in [-0.3, -0.25) is 4.79 Å². The maximum Gasteiger partial charge on any atom is 0.234 e. The van der Waals surface area contributed by atoms with Crippen LogP contribution in [0.2, 0.25) is 0 Å². The van der Waals surface area contributed by atoms with Crippen molar-refractivity contribution in [2.75, 3.05) is 13.2 Å². The molecular weight excluding hydrogens is 214 g/mol. The molecule has 0 bridgehead atoms. The second-order valence-electron chi connectivity index (χ2n) is 3.19. The third-order valence-electron chi connectivity index (χ3n) is 2.10. The monoisotopic (exact) mass is 225 g/mol. The van der Waals surface area contributed by atoms with E-state index in [0.717, 1.165) is 11.3 Å². The standard InChI is InChI=1S/C10H11NO3S/c12-10(11-15)6-7-1-2-8-9(5-7)14-4-3-13-8/h1-2,5,15H,3-4,6H2,(H,11,12). The molecule has 4 nitrogen and oxygen atoms in total. The van der Waals surface area contributed by atoms with E-state index in [2.05, 4.69) is 17.5 Å². The number of nitrogens with one attached hydrogen (secondary N) is 1. The highest BCUT2D eigenvalue weighted by Gasteiger charge is 2.12. The van der Waals surface area contributed by atoms with Gasteiger partial charge < -0.3 is 14.2 Å². The number of amides is 1. The largest absolute Gasteiger partial charge is 0.486 e. The number of thiol groups is 1. The first-order valence-electron chi connectivity index (χ1n) is 4.61. The molecule has 80 valence electrons. The molecule has 1 aliphatic heterocycles. The summed E-state index contributed by atoms with van der Waals surface area (Å²) in [5, 5.41) is 0. The van der Waals surface area contributed by atoms with Crippen molar-refractivity contribution in [1.82, 2.24) is 4.72 Å². The van der Waals surface area contributed by atoms with Gasteiger partial charge in [0.15, 0.2) is 11.5 Å². The number of ether oxygens (including phenoxy) is 2. The summed E-state index contributed by atoms with van der Waals surface area (Å²) in [7, 11) is 0. The predicted octanol–water partition coefficient (Wildman–Crippen LogP) is 0.961. The van der Waals surface area contributed by atoms with Gasteiger partial charge in [-0.15, -0.1) is 0 Å². The van der Waals surface area contributed by atoms with Crippen LogP contribution in [0.5, 0.6) is 11.5 Å². The van der Waals surface area contributed by atoms with Crippen molar-refractivity contribution in [3.8, 4) is 11.5 Å². The highest BCUT2D eigenvalue weighted by Crippen LogP contribution is 2.30. The number of rotatable bonds is 2. The van der Waals surface area contributed by atoms with E-state index in [1.807, 2.05) is 18.2 Å². The number of carbonyl (C=O) groups excluding carboxylic acids is 1. The first-order chi connectivity index (χ1) is 7.29. The lowest BCUT2D eigenvalue weighted by molar-refractivity contribution is -0.118.